The minimum atomic E-state index is -0.942. The normalized spacial score (nSPS) is 16.7. The second-order valence-electron chi connectivity index (χ2n) is 8.66. The fourth-order valence-corrected chi connectivity index (χ4v) is 5.61. The lowest BCUT2D eigenvalue weighted by atomic mass is 9.95. The molecule has 1 aromatic heterocycles. The number of hydrogen-bond donors (Lipinski definition) is 1. The topological polar surface area (TPSA) is 98.2 Å². The first-order valence-corrected chi connectivity index (χ1v) is 12.8. The first kappa shape index (κ1) is 25.3. The smallest absolute Gasteiger partial charge is 0.301 e. The van der Waals surface area contributed by atoms with Crippen LogP contribution in [0.3, 0.4) is 0 Å². The monoisotopic (exact) mass is 530 g/mol. The summed E-state index contributed by atoms with van der Waals surface area (Å²) in [6, 6.07) is 16.8. The molecule has 0 radical (unpaired) electrons. The summed E-state index contributed by atoms with van der Waals surface area (Å²) in [7, 11) is 4.58. The van der Waals surface area contributed by atoms with E-state index < -0.39 is 17.7 Å². The molecule has 0 saturated carbocycles. The Labute approximate surface area is 223 Å². The largest absolute Gasteiger partial charge is 0.507 e. The third kappa shape index (κ3) is 4.24. The van der Waals surface area contributed by atoms with Gasteiger partial charge in [0.15, 0.2) is 16.6 Å². The molecular weight excluding hydrogens is 504 g/mol. The van der Waals surface area contributed by atoms with Crippen LogP contribution in [0.15, 0.2) is 66.2 Å². The number of ketones is 1. The van der Waals surface area contributed by atoms with Gasteiger partial charge in [-0.05, 0) is 66.1 Å². The van der Waals surface area contributed by atoms with Gasteiger partial charge in [0, 0.05) is 5.56 Å². The van der Waals surface area contributed by atoms with E-state index in [-0.39, 0.29) is 11.3 Å². The van der Waals surface area contributed by atoms with Crippen molar-refractivity contribution in [2.45, 2.75) is 19.4 Å². The number of nitrogens with zero attached hydrogens (tertiary/aromatic N) is 2. The van der Waals surface area contributed by atoms with E-state index in [1.54, 1.807) is 49.6 Å². The van der Waals surface area contributed by atoms with Gasteiger partial charge in [-0.3, -0.25) is 14.5 Å². The van der Waals surface area contributed by atoms with E-state index in [0.717, 1.165) is 22.2 Å². The molecule has 0 aliphatic carbocycles. The maximum absolute atomic E-state index is 13.5. The van der Waals surface area contributed by atoms with Crippen LogP contribution in [0.1, 0.15) is 29.7 Å². The molecule has 8 nitrogen and oxygen atoms in total. The highest BCUT2D eigenvalue weighted by atomic mass is 32.1. The van der Waals surface area contributed by atoms with Crippen molar-refractivity contribution in [3.63, 3.8) is 0 Å². The van der Waals surface area contributed by atoms with Gasteiger partial charge in [0.2, 0.25) is 0 Å². The molecule has 0 bridgehead atoms. The lowest BCUT2D eigenvalue weighted by Gasteiger charge is -2.23. The molecule has 9 heteroatoms. The molecule has 0 unspecified atom stereocenters. The van der Waals surface area contributed by atoms with E-state index in [9.17, 15) is 14.7 Å². The molecule has 2 heterocycles. The van der Waals surface area contributed by atoms with Crippen LogP contribution in [0.5, 0.6) is 17.2 Å². The van der Waals surface area contributed by atoms with Crippen LogP contribution < -0.4 is 19.1 Å². The van der Waals surface area contributed by atoms with Gasteiger partial charge in [-0.15, -0.1) is 0 Å². The number of methoxy groups -OCH3 is 3. The Morgan fingerprint density at radius 3 is 2.34 bits per heavy atom. The summed E-state index contributed by atoms with van der Waals surface area (Å²) < 4.78 is 17.0. The number of Topliss-reactive ketones (excluding diaryl/α,β-unsaturated/α-hetero) is 1. The van der Waals surface area contributed by atoms with E-state index in [4.69, 9.17) is 19.2 Å². The molecule has 1 atom stereocenters. The third-order valence-corrected chi connectivity index (χ3v) is 7.60. The predicted octanol–water partition coefficient (Wildman–Crippen LogP) is 5.51. The Bertz CT molecular complexity index is 1570. The summed E-state index contributed by atoms with van der Waals surface area (Å²) in [5, 5.41) is 11.7. The average Bonchev–Trinajstić information content (AvgIpc) is 3.49. The highest BCUT2D eigenvalue weighted by Gasteiger charge is 2.48. The number of hydrogen-bond acceptors (Lipinski definition) is 8. The summed E-state index contributed by atoms with van der Waals surface area (Å²) in [5.41, 5.74) is 2.77. The van der Waals surface area contributed by atoms with E-state index in [2.05, 4.69) is 6.92 Å². The Kier molecular flexibility index (Phi) is 6.77. The first-order valence-electron chi connectivity index (χ1n) is 12.0. The van der Waals surface area contributed by atoms with E-state index in [1.807, 2.05) is 18.2 Å². The maximum atomic E-state index is 13.5. The van der Waals surface area contributed by atoms with Gasteiger partial charge < -0.3 is 19.3 Å². The lowest BCUT2D eigenvalue weighted by molar-refractivity contribution is -0.132. The molecular formula is C29H26N2O6S. The molecule has 0 spiro atoms. The molecule has 3 aromatic carbocycles. The fourth-order valence-electron chi connectivity index (χ4n) is 4.55. The van der Waals surface area contributed by atoms with E-state index in [0.29, 0.717) is 33.5 Å². The summed E-state index contributed by atoms with van der Waals surface area (Å²) in [4.78, 5) is 33.1. The first-order chi connectivity index (χ1) is 18.4. The van der Waals surface area contributed by atoms with Gasteiger partial charge in [-0.1, -0.05) is 30.4 Å². The highest BCUT2D eigenvalue weighted by Crippen LogP contribution is 2.46. The number of carbonyl (C=O) groups is 2. The van der Waals surface area contributed by atoms with Gasteiger partial charge >= 0.3 is 5.91 Å². The number of fused-ring (bicyclic) bond motifs is 1. The SMILES string of the molecule is CCc1ccc2nc(N3C(=O)C(=O)/C(=C(/O)c4ccc(OC)cc4)[C@H]3c3ccc(OC)c(OC)c3)sc2c1. The van der Waals surface area contributed by atoms with E-state index in [1.165, 1.54) is 30.5 Å². The van der Waals surface area contributed by atoms with Crippen molar-refractivity contribution < 1.29 is 28.9 Å². The van der Waals surface area contributed by atoms with Gasteiger partial charge in [0.25, 0.3) is 5.78 Å². The quantitative estimate of drug-likeness (QED) is 0.191. The molecule has 1 N–H and O–H groups in total. The molecule has 1 saturated heterocycles. The highest BCUT2D eigenvalue weighted by molar-refractivity contribution is 7.22. The van der Waals surface area contributed by atoms with Crippen LogP contribution >= 0.6 is 11.3 Å². The molecule has 5 rings (SSSR count). The van der Waals surface area contributed by atoms with Crippen LogP contribution in [0.2, 0.25) is 0 Å². The van der Waals surface area contributed by atoms with Crippen LogP contribution in [-0.4, -0.2) is 43.1 Å². The number of carbonyl (C=O) groups excluding carboxylic acids is 2. The van der Waals surface area contributed by atoms with Crippen LogP contribution in [0, 0.1) is 0 Å². The summed E-state index contributed by atoms with van der Waals surface area (Å²) >= 11 is 1.33. The Balaban J connectivity index is 1.72. The van der Waals surface area contributed by atoms with Gasteiger partial charge in [0.1, 0.15) is 11.5 Å². The predicted molar refractivity (Wildman–Crippen MR) is 146 cm³/mol. The Morgan fingerprint density at radius 2 is 1.68 bits per heavy atom. The molecule has 38 heavy (non-hydrogen) atoms. The molecule has 4 aromatic rings. The minimum absolute atomic E-state index is 0.0408. The summed E-state index contributed by atoms with van der Waals surface area (Å²) in [5.74, 6) is -0.337. The van der Waals surface area contributed by atoms with Crippen molar-refractivity contribution in [1.82, 2.24) is 4.98 Å². The lowest BCUT2D eigenvalue weighted by Crippen LogP contribution is -2.29. The number of anilines is 1. The summed E-state index contributed by atoms with van der Waals surface area (Å²) in [6.07, 6.45) is 0.862. The van der Waals surface area contributed by atoms with Gasteiger partial charge in [0.05, 0.1) is 43.2 Å². The molecule has 1 amide bonds. The van der Waals surface area contributed by atoms with Crippen LogP contribution in [0.4, 0.5) is 5.13 Å². The number of aliphatic hydroxyl groups is 1. The standard InChI is InChI=1S/C29H26N2O6S/c1-5-16-6-12-20-23(14-16)38-29(30-20)31-25(18-9-13-21(36-3)22(15-18)37-4)24(27(33)28(31)34)26(32)17-7-10-19(35-2)11-8-17/h6-15,25,32H,5H2,1-4H3/b26-24+/t25-/m1/s1. The van der Waals surface area contributed by atoms with Crippen molar-refractivity contribution in [1.29, 1.82) is 0 Å². The summed E-state index contributed by atoms with van der Waals surface area (Å²) in [6.45, 7) is 2.07. The van der Waals surface area contributed by atoms with E-state index >= 15 is 0 Å². The molecule has 1 aliphatic heterocycles. The minimum Gasteiger partial charge on any atom is -0.507 e. The number of aliphatic hydroxyl groups excluding tert-OH is 1. The number of thiazole rings is 1. The number of aromatic nitrogens is 1. The average molecular weight is 531 g/mol. The number of benzene rings is 3. The molecule has 194 valence electrons. The van der Waals surface area contributed by atoms with Gasteiger partial charge in [-0.25, -0.2) is 4.98 Å². The number of rotatable bonds is 7. The molecule has 1 aliphatic rings. The Morgan fingerprint density at radius 1 is 0.947 bits per heavy atom. The second kappa shape index (κ2) is 10.2. The zero-order valence-electron chi connectivity index (χ0n) is 21.3. The second-order valence-corrected chi connectivity index (χ2v) is 9.67. The molecule has 1 fully saturated rings. The third-order valence-electron chi connectivity index (χ3n) is 6.59. The van der Waals surface area contributed by atoms with Crippen molar-refractivity contribution in [3.05, 3.63) is 82.9 Å². The zero-order valence-corrected chi connectivity index (χ0v) is 22.2. The number of aryl methyl sites for hydroxylation is 1. The Hall–Kier alpha value is -4.37. The van der Waals surface area contributed by atoms with Crippen molar-refractivity contribution in [2.75, 3.05) is 26.2 Å². The maximum Gasteiger partial charge on any atom is 0.301 e. The van der Waals surface area contributed by atoms with Crippen molar-refractivity contribution >= 4 is 44.1 Å². The number of amides is 1. The van der Waals surface area contributed by atoms with Crippen molar-refractivity contribution in [2.24, 2.45) is 0 Å². The zero-order chi connectivity index (χ0) is 27.0. The fraction of sp³-hybridized carbons (Fsp3) is 0.207. The van der Waals surface area contributed by atoms with Crippen LogP contribution in [-0.2, 0) is 16.0 Å². The van der Waals surface area contributed by atoms with Crippen LogP contribution in [0.25, 0.3) is 16.0 Å². The number of ether oxygens (including phenoxy) is 3. The van der Waals surface area contributed by atoms with Crippen molar-refractivity contribution in [3.8, 4) is 17.2 Å². The van der Waals surface area contributed by atoms with Gasteiger partial charge in [-0.2, -0.15) is 0 Å².